The van der Waals surface area contributed by atoms with Gasteiger partial charge in [-0.15, -0.1) is 0 Å². The van der Waals surface area contributed by atoms with Gasteiger partial charge in [-0.2, -0.15) is 0 Å². The maximum Gasteiger partial charge on any atom is 0.0972 e. The van der Waals surface area contributed by atoms with Crippen molar-refractivity contribution in [2.75, 3.05) is 0 Å². The van der Waals surface area contributed by atoms with Gasteiger partial charge in [0, 0.05) is 39.9 Å². The lowest BCUT2D eigenvalue weighted by Crippen LogP contribution is -1.92. The van der Waals surface area contributed by atoms with Crippen LogP contribution in [0.4, 0.5) is 0 Å². The van der Waals surface area contributed by atoms with Gasteiger partial charge in [-0.25, -0.2) is 4.98 Å². The first-order chi connectivity index (χ1) is 23.8. The summed E-state index contributed by atoms with van der Waals surface area (Å²) in [4.78, 5) is 14.8. The molecule has 0 amide bonds. The van der Waals surface area contributed by atoms with E-state index in [0.717, 1.165) is 60.8 Å². The van der Waals surface area contributed by atoms with Crippen molar-refractivity contribution >= 4 is 32.6 Å². The molecule has 0 unspecified atom stereocenters. The molecule has 224 valence electrons. The molecule has 3 aromatic heterocycles. The fraction of sp³-hybridized carbons (Fsp3) is 0. The van der Waals surface area contributed by atoms with Crippen molar-refractivity contribution in [3.05, 3.63) is 176 Å². The van der Waals surface area contributed by atoms with Gasteiger partial charge in [-0.05, 0) is 75.0 Å². The minimum atomic E-state index is 0.922. The average molecular weight is 612 g/mol. The lowest BCUT2D eigenvalue weighted by atomic mass is 9.93. The maximum absolute atomic E-state index is 5.15. The summed E-state index contributed by atoms with van der Waals surface area (Å²) < 4.78 is 0. The summed E-state index contributed by atoms with van der Waals surface area (Å²) in [6.07, 6.45) is 3.84. The number of fused-ring (bicyclic) bond motifs is 4. The van der Waals surface area contributed by atoms with Crippen molar-refractivity contribution in [1.29, 1.82) is 0 Å². The predicted molar refractivity (Wildman–Crippen MR) is 200 cm³/mol. The number of pyridine rings is 3. The quantitative estimate of drug-likeness (QED) is 0.182. The SMILES string of the molecule is c1ccc(-c2cc(-c3ccccc3)cc(-c3ccc(-c4ccc(-c5ccc6ccc7cccnc7c6n5)c5ccccc45)cn3)c2)cc1. The summed E-state index contributed by atoms with van der Waals surface area (Å²) in [6.45, 7) is 0. The largest absolute Gasteiger partial charge is 0.256 e. The first kappa shape index (κ1) is 27.8. The molecule has 48 heavy (non-hydrogen) atoms. The topological polar surface area (TPSA) is 38.7 Å². The molecule has 0 atom stereocenters. The molecule has 6 aromatic carbocycles. The average Bonchev–Trinajstić information content (AvgIpc) is 3.18. The van der Waals surface area contributed by atoms with Crippen LogP contribution in [0.15, 0.2) is 176 Å². The minimum absolute atomic E-state index is 0.922. The Kier molecular flexibility index (Phi) is 6.80. The van der Waals surface area contributed by atoms with Crippen LogP contribution in [0.2, 0.25) is 0 Å². The molecule has 0 bridgehead atoms. The van der Waals surface area contributed by atoms with Crippen molar-refractivity contribution < 1.29 is 0 Å². The molecular weight excluding hydrogens is 583 g/mol. The monoisotopic (exact) mass is 611 g/mol. The summed E-state index contributed by atoms with van der Waals surface area (Å²) in [5.41, 5.74) is 12.8. The van der Waals surface area contributed by atoms with Gasteiger partial charge in [-0.1, -0.05) is 127 Å². The standard InChI is InChI=1S/C45H29N3/c1-3-10-30(11-4-1)35-26-36(31-12-5-2-6-13-31)28-37(27-35)42-23-20-34(29-47-42)38-21-22-41(40-16-8-7-15-39(38)40)43-24-19-33-18-17-32-14-9-25-46-44(32)45(33)48-43/h1-29H. The van der Waals surface area contributed by atoms with E-state index in [4.69, 9.17) is 9.97 Å². The van der Waals surface area contributed by atoms with Crippen molar-refractivity contribution in [3.63, 3.8) is 0 Å². The summed E-state index contributed by atoms with van der Waals surface area (Å²) >= 11 is 0. The van der Waals surface area contributed by atoms with E-state index in [1.807, 2.05) is 18.5 Å². The lowest BCUT2D eigenvalue weighted by Gasteiger charge is -2.13. The highest BCUT2D eigenvalue weighted by molar-refractivity contribution is 6.07. The molecule has 0 N–H and O–H groups in total. The summed E-state index contributed by atoms with van der Waals surface area (Å²) in [5, 5.41) is 4.50. The lowest BCUT2D eigenvalue weighted by molar-refractivity contribution is 1.33. The molecule has 0 fully saturated rings. The second kappa shape index (κ2) is 11.7. The first-order valence-corrected chi connectivity index (χ1v) is 16.2. The smallest absolute Gasteiger partial charge is 0.0972 e. The van der Waals surface area contributed by atoms with Gasteiger partial charge in [-0.3, -0.25) is 9.97 Å². The first-order valence-electron chi connectivity index (χ1n) is 16.2. The Hall–Kier alpha value is -6.45. The molecule has 0 spiro atoms. The van der Waals surface area contributed by atoms with Gasteiger partial charge >= 0.3 is 0 Å². The predicted octanol–water partition coefficient (Wildman–Crippen LogP) is 11.7. The van der Waals surface area contributed by atoms with Crippen molar-refractivity contribution in [2.45, 2.75) is 0 Å². The highest BCUT2D eigenvalue weighted by Gasteiger charge is 2.14. The van der Waals surface area contributed by atoms with Gasteiger partial charge < -0.3 is 0 Å². The summed E-state index contributed by atoms with van der Waals surface area (Å²) in [6, 6.07) is 57.7. The number of hydrogen-bond donors (Lipinski definition) is 0. The van der Waals surface area contributed by atoms with Crippen LogP contribution in [0.3, 0.4) is 0 Å². The van der Waals surface area contributed by atoms with Gasteiger partial charge in [0.2, 0.25) is 0 Å². The van der Waals surface area contributed by atoms with E-state index < -0.39 is 0 Å². The fourth-order valence-electron chi connectivity index (χ4n) is 6.74. The van der Waals surface area contributed by atoms with Gasteiger partial charge in [0.05, 0.1) is 22.4 Å². The Morgan fingerprint density at radius 3 is 1.60 bits per heavy atom. The van der Waals surface area contributed by atoms with Gasteiger partial charge in [0.15, 0.2) is 0 Å². The van der Waals surface area contributed by atoms with E-state index in [9.17, 15) is 0 Å². The van der Waals surface area contributed by atoms with Crippen LogP contribution in [0.5, 0.6) is 0 Å². The number of benzene rings is 6. The van der Waals surface area contributed by atoms with Crippen LogP contribution in [-0.4, -0.2) is 15.0 Å². The molecule has 9 aromatic rings. The van der Waals surface area contributed by atoms with E-state index >= 15 is 0 Å². The van der Waals surface area contributed by atoms with E-state index in [2.05, 4.69) is 163 Å². The molecule has 0 radical (unpaired) electrons. The maximum atomic E-state index is 5.15. The number of nitrogens with zero attached hydrogens (tertiary/aromatic N) is 3. The Morgan fingerprint density at radius 1 is 0.333 bits per heavy atom. The fourth-order valence-corrected chi connectivity index (χ4v) is 6.74. The highest BCUT2D eigenvalue weighted by atomic mass is 14.8. The number of rotatable bonds is 5. The van der Waals surface area contributed by atoms with E-state index in [-0.39, 0.29) is 0 Å². The number of hydrogen-bond acceptors (Lipinski definition) is 3. The second-order valence-corrected chi connectivity index (χ2v) is 12.1. The molecule has 0 aliphatic heterocycles. The second-order valence-electron chi connectivity index (χ2n) is 12.1. The van der Waals surface area contributed by atoms with E-state index in [1.165, 1.54) is 27.6 Å². The third-order valence-electron chi connectivity index (χ3n) is 9.15. The molecule has 0 aliphatic carbocycles. The summed E-state index contributed by atoms with van der Waals surface area (Å²) in [7, 11) is 0. The van der Waals surface area contributed by atoms with Gasteiger partial charge in [0.25, 0.3) is 0 Å². The minimum Gasteiger partial charge on any atom is -0.256 e. The molecule has 3 heterocycles. The zero-order valence-corrected chi connectivity index (χ0v) is 26.1. The van der Waals surface area contributed by atoms with Crippen molar-refractivity contribution in [3.8, 4) is 55.9 Å². The zero-order chi connectivity index (χ0) is 31.9. The van der Waals surface area contributed by atoms with E-state index in [1.54, 1.807) is 0 Å². The molecule has 3 nitrogen and oxygen atoms in total. The van der Waals surface area contributed by atoms with Crippen LogP contribution in [0, 0.1) is 0 Å². The third kappa shape index (κ3) is 4.99. The van der Waals surface area contributed by atoms with Crippen molar-refractivity contribution in [2.24, 2.45) is 0 Å². The molecule has 0 saturated carbocycles. The van der Waals surface area contributed by atoms with Crippen LogP contribution in [0.1, 0.15) is 0 Å². The molecule has 9 rings (SSSR count). The van der Waals surface area contributed by atoms with Crippen molar-refractivity contribution in [1.82, 2.24) is 15.0 Å². The summed E-state index contributed by atoms with van der Waals surface area (Å²) in [5.74, 6) is 0. The molecular formula is C45H29N3. The number of aromatic nitrogens is 3. The molecule has 0 saturated heterocycles. The third-order valence-corrected chi connectivity index (χ3v) is 9.15. The van der Waals surface area contributed by atoms with E-state index in [0.29, 0.717) is 0 Å². The Balaban J connectivity index is 1.12. The van der Waals surface area contributed by atoms with Gasteiger partial charge in [0.1, 0.15) is 0 Å². The molecule has 3 heteroatoms. The highest BCUT2D eigenvalue weighted by Crippen LogP contribution is 2.37. The normalized spacial score (nSPS) is 11.3. The Bertz CT molecular complexity index is 2540. The van der Waals surface area contributed by atoms with Crippen LogP contribution >= 0.6 is 0 Å². The van der Waals surface area contributed by atoms with Crippen LogP contribution in [-0.2, 0) is 0 Å². The Labute approximate surface area is 278 Å². The zero-order valence-electron chi connectivity index (χ0n) is 26.1. The van der Waals surface area contributed by atoms with Crippen LogP contribution in [0.25, 0.3) is 88.5 Å². The Morgan fingerprint density at radius 2 is 0.917 bits per heavy atom. The molecule has 0 aliphatic rings. The van der Waals surface area contributed by atoms with Crippen LogP contribution < -0.4 is 0 Å².